The Morgan fingerprint density at radius 2 is 2.20 bits per heavy atom. The van der Waals surface area contributed by atoms with E-state index in [1.165, 1.54) is 0 Å². The molecule has 4 heteroatoms. The van der Waals surface area contributed by atoms with Crippen molar-refractivity contribution in [3.8, 4) is 0 Å². The van der Waals surface area contributed by atoms with Gasteiger partial charge in [0.05, 0.1) is 6.54 Å². The van der Waals surface area contributed by atoms with Crippen LogP contribution in [0, 0.1) is 6.92 Å². The van der Waals surface area contributed by atoms with Gasteiger partial charge in [0.15, 0.2) is 0 Å². The third-order valence-electron chi connectivity index (χ3n) is 2.24. The predicted octanol–water partition coefficient (Wildman–Crippen LogP) is 2.19. The molecule has 78 valence electrons. The van der Waals surface area contributed by atoms with Gasteiger partial charge >= 0.3 is 0 Å². The molecule has 0 aromatic heterocycles. The molecule has 1 aromatic carbocycles. The summed E-state index contributed by atoms with van der Waals surface area (Å²) in [6.45, 7) is 2.77. The highest BCUT2D eigenvalue weighted by molar-refractivity contribution is 8.26. The van der Waals surface area contributed by atoms with Crippen LogP contribution in [0.2, 0.25) is 0 Å². The summed E-state index contributed by atoms with van der Waals surface area (Å²) in [5.41, 5.74) is 2.23. The molecule has 1 aliphatic rings. The molecule has 1 amide bonds. The molecule has 0 atom stereocenters. The van der Waals surface area contributed by atoms with E-state index in [9.17, 15) is 9.59 Å². The number of thioether (sulfide) groups is 1. The van der Waals surface area contributed by atoms with Gasteiger partial charge in [-0.1, -0.05) is 29.8 Å². The Balaban J connectivity index is 2.09. The summed E-state index contributed by atoms with van der Waals surface area (Å²) in [6.07, 6.45) is 0. The van der Waals surface area contributed by atoms with E-state index in [-0.39, 0.29) is 16.9 Å². The minimum atomic E-state index is -0.137. The molecule has 15 heavy (non-hydrogen) atoms. The molecule has 0 radical (unpaired) electrons. The molecule has 1 fully saturated rings. The van der Waals surface area contributed by atoms with Gasteiger partial charge in [0, 0.05) is 18.3 Å². The zero-order valence-corrected chi connectivity index (χ0v) is 9.21. The normalized spacial score (nSPS) is 16.2. The molecule has 0 aliphatic carbocycles. The van der Waals surface area contributed by atoms with Crippen molar-refractivity contribution in [1.29, 1.82) is 0 Å². The third-order valence-corrected chi connectivity index (χ3v) is 3.02. The second kappa shape index (κ2) is 4.06. The molecule has 0 bridgehead atoms. The van der Waals surface area contributed by atoms with Crippen molar-refractivity contribution < 1.29 is 9.59 Å². The van der Waals surface area contributed by atoms with Crippen molar-refractivity contribution in [2.75, 3.05) is 6.54 Å². The summed E-state index contributed by atoms with van der Waals surface area (Å²) in [5.74, 6) is 0. The van der Waals surface area contributed by atoms with E-state index < -0.39 is 0 Å². The number of benzene rings is 1. The number of rotatable bonds is 2. The molecule has 1 saturated heterocycles. The van der Waals surface area contributed by atoms with Crippen LogP contribution < -0.4 is 0 Å². The first-order valence-electron chi connectivity index (χ1n) is 4.70. The summed E-state index contributed by atoms with van der Waals surface area (Å²) >= 11 is 0.800. The Morgan fingerprint density at radius 1 is 1.40 bits per heavy atom. The summed E-state index contributed by atoms with van der Waals surface area (Å²) < 4.78 is 0. The molecule has 0 N–H and O–H groups in total. The van der Waals surface area contributed by atoms with Crippen LogP contribution >= 0.6 is 11.8 Å². The van der Waals surface area contributed by atoms with Gasteiger partial charge in [0.2, 0.25) is 5.12 Å². The van der Waals surface area contributed by atoms with Crippen LogP contribution in [0.5, 0.6) is 0 Å². The van der Waals surface area contributed by atoms with E-state index in [4.69, 9.17) is 0 Å². The largest absolute Gasteiger partial charge is 0.321 e. The monoisotopic (exact) mass is 221 g/mol. The molecule has 2 rings (SSSR count). The highest BCUT2D eigenvalue weighted by Crippen LogP contribution is 2.21. The van der Waals surface area contributed by atoms with E-state index >= 15 is 0 Å². The van der Waals surface area contributed by atoms with Crippen LogP contribution in [-0.4, -0.2) is 21.8 Å². The number of hydrogen-bond acceptors (Lipinski definition) is 3. The van der Waals surface area contributed by atoms with E-state index in [0.29, 0.717) is 6.54 Å². The van der Waals surface area contributed by atoms with Gasteiger partial charge in [-0.2, -0.15) is 0 Å². The highest BCUT2D eigenvalue weighted by atomic mass is 32.2. The zero-order chi connectivity index (χ0) is 10.8. The lowest BCUT2D eigenvalue weighted by molar-refractivity contribution is -0.110. The molecule has 0 unspecified atom stereocenters. The lowest BCUT2D eigenvalue weighted by Crippen LogP contribution is -2.23. The third kappa shape index (κ3) is 2.39. The number of amides is 1. The van der Waals surface area contributed by atoms with Gasteiger partial charge in [-0.05, 0) is 12.5 Å². The second-order valence-corrected chi connectivity index (χ2v) is 4.59. The first kappa shape index (κ1) is 10.2. The number of hydrogen-bond donors (Lipinski definition) is 0. The molecule has 1 heterocycles. The fourth-order valence-corrected chi connectivity index (χ4v) is 2.24. The Hall–Kier alpha value is -1.29. The molecule has 0 spiro atoms. The maximum atomic E-state index is 11.3. The van der Waals surface area contributed by atoms with E-state index in [1.54, 1.807) is 4.90 Å². The van der Waals surface area contributed by atoms with Gasteiger partial charge in [0.25, 0.3) is 5.24 Å². The number of nitrogens with zero attached hydrogens (tertiary/aromatic N) is 1. The average molecular weight is 221 g/mol. The number of aryl methyl sites for hydroxylation is 1. The zero-order valence-electron chi connectivity index (χ0n) is 8.40. The molecule has 1 aromatic rings. The summed E-state index contributed by atoms with van der Waals surface area (Å²) in [7, 11) is 0. The van der Waals surface area contributed by atoms with Crippen LogP contribution in [0.3, 0.4) is 0 Å². The topological polar surface area (TPSA) is 37.4 Å². The predicted molar refractivity (Wildman–Crippen MR) is 59.6 cm³/mol. The SMILES string of the molecule is Cc1cccc(CN2CC(=O)SC2=O)c1. The molecule has 3 nitrogen and oxygen atoms in total. The Labute approximate surface area is 92.5 Å². The minimum absolute atomic E-state index is 0.0624. The van der Waals surface area contributed by atoms with Crippen LogP contribution in [0.25, 0.3) is 0 Å². The van der Waals surface area contributed by atoms with Crippen LogP contribution in [0.1, 0.15) is 11.1 Å². The van der Waals surface area contributed by atoms with Crippen molar-refractivity contribution in [1.82, 2.24) is 4.90 Å². The standard InChI is InChI=1S/C11H11NO2S/c1-8-3-2-4-9(5-8)6-12-7-10(13)15-11(12)14/h2-5H,6-7H2,1H3. The first-order valence-corrected chi connectivity index (χ1v) is 5.52. The minimum Gasteiger partial charge on any atom is -0.321 e. The average Bonchev–Trinajstić information content (AvgIpc) is 2.45. The quantitative estimate of drug-likeness (QED) is 0.768. The highest BCUT2D eigenvalue weighted by Gasteiger charge is 2.28. The number of carbonyl (C=O) groups is 2. The molecular weight excluding hydrogens is 210 g/mol. The molecule has 0 saturated carbocycles. The maximum absolute atomic E-state index is 11.3. The van der Waals surface area contributed by atoms with Crippen molar-refractivity contribution in [3.05, 3.63) is 35.4 Å². The summed E-state index contributed by atoms with van der Waals surface area (Å²) in [6, 6.07) is 7.96. The maximum Gasteiger partial charge on any atom is 0.290 e. The fourth-order valence-electron chi connectivity index (χ4n) is 1.57. The van der Waals surface area contributed by atoms with Gasteiger partial charge in [-0.15, -0.1) is 0 Å². The van der Waals surface area contributed by atoms with E-state index in [2.05, 4.69) is 0 Å². The fraction of sp³-hybridized carbons (Fsp3) is 0.273. The Morgan fingerprint density at radius 3 is 2.80 bits per heavy atom. The Kier molecular flexibility index (Phi) is 2.77. The van der Waals surface area contributed by atoms with Crippen LogP contribution in [0.4, 0.5) is 4.79 Å². The van der Waals surface area contributed by atoms with E-state index in [0.717, 1.165) is 22.9 Å². The summed E-state index contributed by atoms with van der Waals surface area (Å²) in [5, 5.41) is -0.200. The van der Waals surface area contributed by atoms with Gasteiger partial charge in [-0.3, -0.25) is 9.59 Å². The van der Waals surface area contributed by atoms with E-state index in [1.807, 2.05) is 31.2 Å². The van der Waals surface area contributed by atoms with Gasteiger partial charge in [-0.25, -0.2) is 0 Å². The smallest absolute Gasteiger partial charge is 0.290 e. The van der Waals surface area contributed by atoms with Crippen molar-refractivity contribution in [2.24, 2.45) is 0 Å². The second-order valence-electron chi connectivity index (χ2n) is 3.59. The van der Waals surface area contributed by atoms with Crippen molar-refractivity contribution in [2.45, 2.75) is 13.5 Å². The van der Waals surface area contributed by atoms with Crippen molar-refractivity contribution >= 4 is 22.1 Å². The number of carbonyl (C=O) groups excluding carboxylic acids is 2. The molecular formula is C11H11NO2S. The Bertz CT molecular complexity index is 417. The van der Waals surface area contributed by atoms with Crippen LogP contribution in [-0.2, 0) is 11.3 Å². The first-order chi connectivity index (χ1) is 7.15. The van der Waals surface area contributed by atoms with Gasteiger partial charge in [0.1, 0.15) is 0 Å². The van der Waals surface area contributed by atoms with Crippen molar-refractivity contribution in [3.63, 3.8) is 0 Å². The molecule has 1 aliphatic heterocycles. The summed E-state index contributed by atoms with van der Waals surface area (Å²) in [4.78, 5) is 23.9. The lowest BCUT2D eigenvalue weighted by Gasteiger charge is -2.13. The lowest BCUT2D eigenvalue weighted by atomic mass is 10.1. The van der Waals surface area contributed by atoms with Crippen LogP contribution in [0.15, 0.2) is 24.3 Å². The van der Waals surface area contributed by atoms with Gasteiger partial charge < -0.3 is 4.90 Å².